The Hall–Kier alpha value is -2.36. The second-order valence-corrected chi connectivity index (χ2v) is 4.10. The van der Waals surface area contributed by atoms with Gasteiger partial charge < -0.3 is 10.1 Å². The van der Waals surface area contributed by atoms with Crippen LogP contribution in [-0.4, -0.2) is 24.5 Å². The molecule has 2 rings (SSSR count). The molecule has 0 bridgehead atoms. The van der Waals surface area contributed by atoms with E-state index < -0.39 is 0 Å². The van der Waals surface area contributed by atoms with Gasteiger partial charge in [0.1, 0.15) is 5.75 Å². The van der Waals surface area contributed by atoms with Crippen molar-refractivity contribution in [2.45, 2.75) is 6.42 Å². The Balaban J connectivity index is 1.85. The molecular weight excluding hydrogens is 240 g/mol. The smallest absolute Gasteiger partial charge is 0.252 e. The Kier molecular flexibility index (Phi) is 4.50. The van der Waals surface area contributed by atoms with Gasteiger partial charge in [-0.25, -0.2) is 0 Å². The molecule has 0 aliphatic heterocycles. The summed E-state index contributed by atoms with van der Waals surface area (Å²) in [6, 6.07) is 11.3. The highest BCUT2D eigenvalue weighted by Gasteiger charge is 2.04. The van der Waals surface area contributed by atoms with Crippen LogP contribution in [0, 0.1) is 0 Å². The highest BCUT2D eigenvalue weighted by atomic mass is 16.5. The predicted molar refractivity (Wildman–Crippen MR) is 73.3 cm³/mol. The fourth-order valence-corrected chi connectivity index (χ4v) is 1.75. The number of pyridine rings is 1. The fourth-order valence-electron chi connectivity index (χ4n) is 1.75. The van der Waals surface area contributed by atoms with E-state index in [1.165, 1.54) is 0 Å². The molecule has 4 heteroatoms. The largest absolute Gasteiger partial charge is 0.497 e. The number of rotatable bonds is 5. The second-order valence-electron chi connectivity index (χ2n) is 4.10. The molecule has 4 nitrogen and oxygen atoms in total. The van der Waals surface area contributed by atoms with E-state index in [1.54, 1.807) is 31.6 Å². The van der Waals surface area contributed by atoms with E-state index in [0.717, 1.165) is 17.7 Å². The molecule has 0 radical (unpaired) electrons. The maximum absolute atomic E-state index is 11.8. The van der Waals surface area contributed by atoms with Gasteiger partial charge in [0.2, 0.25) is 0 Å². The maximum Gasteiger partial charge on any atom is 0.252 e. The molecule has 1 aromatic carbocycles. The lowest BCUT2D eigenvalue weighted by Crippen LogP contribution is -2.25. The highest BCUT2D eigenvalue weighted by Crippen LogP contribution is 2.12. The van der Waals surface area contributed by atoms with Crippen molar-refractivity contribution in [1.82, 2.24) is 10.3 Å². The minimum Gasteiger partial charge on any atom is -0.497 e. The number of ether oxygens (including phenoxy) is 1. The summed E-state index contributed by atoms with van der Waals surface area (Å²) < 4.78 is 5.16. The van der Waals surface area contributed by atoms with Crippen molar-refractivity contribution < 1.29 is 9.53 Å². The Bertz CT molecular complexity index is 541. The van der Waals surface area contributed by atoms with Crippen LogP contribution < -0.4 is 10.1 Å². The van der Waals surface area contributed by atoms with Crippen molar-refractivity contribution in [3.8, 4) is 5.75 Å². The van der Waals surface area contributed by atoms with Crippen molar-refractivity contribution in [2.24, 2.45) is 0 Å². The van der Waals surface area contributed by atoms with Crippen LogP contribution in [0.25, 0.3) is 0 Å². The van der Waals surface area contributed by atoms with Gasteiger partial charge in [0.25, 0.3) is 5.91 Å². The van der Waals surface area contributed by atoms with Crippen molar-refractivity contribution >= 4 is 5.91 Å². The van der Waals surface area contributed by atoms with Crippen LogP contribution in [0.1, 0.15) is 15.9 Å². The second kappa shape index (κ2) is 6.54. The standard InChI is InChI=1S/C15H16N2O2/c1-19-14-6-2-4-12(10-14)7-9-17-15(18)13-5-3-8-16-11-13/h2-6,8,10-11H,7,9H2,1H3,(H,17,18). The molecule has 0 unspecified atom stereocenters. The summed E-state index contributed by atoms with van der Waals surface area (Å²) in [5.41, 5.74) is 1.71. The van der Waals surface area contributed by atoms with Crippen molar-refractivity contribution in [1.29, 1.82) is 0 Å². The van der Waals surface area contributed by atoms with E-state index in [9.17, 15) is 4.79 Å². The number of carbonyl (C=O) groups is 1. The number of carbonyl (C=O) groups excluding carboxylic acids is 1. The number of methoxy groups -OCH3 is 1. The summed E-state index contributed by atoms with van der Waals surface area (Å²) in [6.45, 7) is 0.584. The van der Waals surface area contributed by atoms with Crippen LogP contribution >= 0.6 is 0 Å². The summed E-state index contributed by atoms with van der Waals surface area (Å²) in [4.78, 5) is 15.7. The van der Waals surface area contributed by atoms with Crippen molar-refractivity contribution in [3.63, 3.8) is 0 Å². The molecule has 0 fully saturated rings. The van der Waals surface area contributed by atoms with Crippen molar-refractivity contribution in [3.05, 3.63) is 59.9 Å². The minimum atomic E-state index is -0.101. The molecule has 0 aliphatic rings. The zero-order valence-electron chi connectivity index (χ0n) is 10.8. The molecule has 98 valence electrons. The van der Waals surface area contributed by atoms with Gasteiger partial charge in [-0.3, -0.25) is 9.78 Å². The molecule has 0 saturated heterocycles. The molecule has 0 spiro atoms. The number of hydrogen-bond acceptors (Lipinski definition) is 3. The van der Waals surface area contributed by atoms with Crippen LogP contribution in [0.2, 0.25) is 0 Å². The van der Waals surface area contributed by atoms with Gasteiger partial charge in [0.05, 0.1) is 12.7 Å². The van der Waals surface area contributed by atoms with Gasteiger partial charge in [-0.1, -0.05) is 12.1 Å². The first kappa shape index (κ1) is 13.1. The van der Waals surface area contributed by atoms with Crippen LogP contribution in [0.15, 0.2) is 48.8 Å². The lowest BCUT2D eigenvalue weighted by molar-refractivity contribution is 0.0954. The molecule has 2 aromatic rings. The fraction of sp³-hybridized carbons (Fsp3) is 0.200. The van der Waals surface area contributed by atoms with Gasteiger partial charge >= 0.3 is 0 Å². The van der Waals surface area contributed by atoms with Gasteiger partial charge in [0, 0.05) is 18.9 Å². The van der Waals surface area contributed by atoms with Crippen LogP contribution in [0.3, 0.4) is 0 Å². The highest BCUT2D eigenvalue weighted by molar-refractivity contribution is 5.93. The Morgan fingerprint density at radius 1 is 1.32 bits per heavy atom. The third kappa shape index (κ3) is 3.81. The quantitative estimate of drug-likeness (QED) is 0.891. The Morgan fingerprint density at radius 3 is 2.95 bits per heavy atom. The summed E-state index contributed by atoms with van der Waals surface area (Å²) in [5.74, 6) is 0.729. The zero-order valence-corrected chi connectivity index (χ0v) is 10.8. The molecule has 19 heavy (non-hydrogen) atoms. The molecule has 0 atom stereocenters. The number of hydrogen-bond donors (Lipinski definition) is 1. The number of aromatic nitrogens is 1. The monoisotopic (exact) mass is 256 g/mol. The first-order valence-corrected chi connectivity index (χ1v) is 6.11. The maximum atomic E-state index is 11.8. The molecule has 1 amide bonds. The van der Waals surface area contributed by atoms with E-state index >= 15 is 0 Å². The van der Waals surface area contributed by atoms with E-state index in [2.05, 4.69) is 10.3 Å². The average molecular weight is 256 g/mol. The summed E-state index contributed by atoms with van der Waals surface area (Å²) in [7, 11) is 1.64. The lowest BCUT2D eigenvalue weighted by atomic mass is 10.1. The minimum absolute atomic E-state index is 0.101. The van der Waals surface area contributed by atoms with E-state index in [-0.39, 0.29) is 5.91 Å². The first-order valence-electron chi connectivity index (χ1n) is 6.11. The molecule has 1 N–H and O–H groups in total. The molecule has 1 aromatic heterocycles. The summed E-state index contributed by atoms with van der Waals surface area (Å²) in [5, 5.41) is 2.87. The summed E-state index contributed by atoms with van der Waals surface area (Å²) >= 11 is 0. The Morgan fingerprint density at radius 2 is 2.21 bits per heavy atom. The zero-order chi connectivity index (χ0) is 13.5. The van der Waals surface area contributed by atoms with Crippen LogP contribution in [0.4, 0.5) is 0 Å². The first-order chi connectivity index (χ1) is 9.29. The normalized spacial score (nSPS) is 9.95. The van der Waals surface area contributed by atoms with Gasteiger partial charge in [-0.15, -0.1) is 0 Å². The average Bonchev–Trinajstić information content (AvgIpc) is 2.48. The van der Waals surface area contributed by atoms with Gasteiger partial charge in [0.15, 0.2) is 0 Å². The summed E-state index contributed by atoms with van der Waals surface area (Å²) in [6.07, 6.45) is 3.97. The third-order valence-corrected chi connectivity index (χ3v) is 2.76. The van der Waals surface area contributed by atoms with Crippen molar-refractivity contribution in [2.75, 3.05) is 13.7 Å². The third-order valence-electron chi connectivity index (χ3n) is 2.76. The van der Waals surface area contributed by atoms with Gasteiger partial charge in [-0.05, 0) is 36.2 Å². The SMILES string of the molecule is COc1cccc(CCNC(=O)c2cccnc2)c1. The predicted octanol–water partition coefficient (Wildman–Crippen LogP) is 2.06. The van der Waals surface area contributed by atoms with Crippen LogP contribution in [0.5, 0.6) is 5.75 Å². The molecule has 1 heterocycles. The topological polar surface area (TPSA) is 51.2 Å². The van der Waals surface area contributed by atoms with Crippen LogP contribution in [-0.2, 0) is 6.42 Å². The number of benzene rings is 1. The number of amides is 1. The molecule has 0 aliphatic carbocycles. The van der Waals surface area contributed by atoms with E-state index in [0.29, 0.717) is 12.1 Å². The lowest BCUT2D eigenvalue weighted by Gasteiger charge is -2.06. The molecule has 0 saturated carbocycles. The van der Waals surface area contributed by atoms with Gasteiger partial charge in [-0.2, -0.15) is 0 Å². The van der Waals surface area contributed by atoms with E-state index in [4.69, 9.17) is 4.74 Å². The Labute approximate surface area is 112 Å². The number of nitrogens with one attached hydrogen (secondary N) is 1. The molecular formula is C15H16N2O2. The van der Waals surface area contributed by atoms with E-state index in [1.807, 2.05) is 24.3 Å². The number of nitrogens with zero attached hydrogens (tertiary/aromatic N) is 1.